The Morgan fingerprint density at radius 3 is 2.52 bits per heavy atom. The molecule has 0 amide bonds. The third kappa shape index (κ3) is 5.40. The van der Waals surface area contributed by atoms with Crippen LogP contribution in [0.25, 0.3) is 0 Å². The number of ether oxygens (including phenoxy) is 1. The van der Waals surface area contributed by atoms with E-state index in [0.29, 0.717) is 19.8 Å². The summed E-state index contributed by atoms with van der Waals surface area (Å²) in [5.41, 5.74) is 0.912. The number of nitrogens with one attached hydrogen (secondary N) is 1. The zero-order valence-electron chi connectivity index (χ0n) is 12.6. The zero-order chi connectivity index (χ0) is 15.0. The Hall–Kier alpha value is -0.940. The number of rotatable bonds is 8. The Morgan fingerprint density at radius 2 is 1.86 bits per heavy atom. The number of aliphatic hydroxyl groups excluding tert-OH is 2. The quantitative estimate of drug-likeness (QED) is 0.684. The second-order valence-electron chi connectivity index (χ2n) is 6.03. The maximum Gasteiger partial charge on any atom is 0.0898 e. The van der Waals surface area contributed by atoms with Gasteiger partial charge in [0.25, 0.3) is 0 Å². The van der Waals surface area contributed by atoms with Crippen LogP contribution in [0.2, 0.25) is 0 Å². The molecule has 4 nitrogen and oxygen atoms in total. The molecule has 0 heterocycles. The predicted octanol–water partition coefficient (Wildman–Crippen LogP) is 1.85. The number of aliphatic hydroxyl groups is 2. The summed E-state index contributed by atoms with van der Waals surface area (Å²) in [6, 6.07) is 9.94. The lowest BCUT2D eigenvalue weighted by Crippen LogP contribution is -2.52. The van der Waals surface area contributed by atoms with Crippen molar-refractivity contribution in [3.05, 3.63) is 35.9 Å². The van der Waals surface area contributed by atoms with Gasteiger partial charge in [-0.05, 0) is 18.4 Å². The highest BCUT2D eigenvalue weighted by Crippen LogP contribution is 2.27. The molecule has 1 aliphatic carbocycles. The lowest BCUT2D eigenvalue weighted by Gasteiger charge is -2.37. The average Bonchev–Trinajstić information content (AvgIpc) is 2.55. The Labute approximate surface area is 127 Å². The first-order chi connectivity index (χ1) is 10.2. The highest BCUT2D eigenvalue weighted by Gasteiger charge is 2.31. The summed E-state index contributed by atoms with van der Waals surface area (Å²) in [5, 5.41) is 23.0. The molecule has 1 saturated carbocycles. The Balaban J connectivity index is 1.66. The van der Waals surface area contributed by atoms with E-state index >= 15 is 0 Å². The van der Waals surface area contributed by atoms with Crippen molar-refractivity contribution in [2.24, 2.45) is 0 Å². The van der Waals surface area contributed by atoms with Crippen LogP contribution in [-0.2, 0) is 11.3 Å². The molecule has 3 N–H and O–H groups in total. The minimum atomic E-state index is -0.543. The Bertz CT molecular complexity index is 390. The van der Waals surface area contributed by atoms with Crippen LogP contribution >= 0.6 is 0 Å². The molecular weight excluding hydrogens is 266 g/mol. The van der Waals surface area contributed by atoms with Crippen LogP contribution in [-0.4, -0.2) is 41.6 Å². The molecule has 1 unspecified atom stereocenters. The summed E-state index contributed by atoms with van der Waals surface area (Å²) in [5.74, 6) is 0. The van der Waals surface area contributed by atoms with Gasteiger partial charge in [0.15, 0.2) is 0 Å². The van der Waals surface area contributed by atoms with Crippen molar-refractivity contribution in [1.82, 2.24) is 5.32 Å². The van der Waals surface area contributed by atoms with Gasteiger partial charge < -0.3 is 20.3 Å². The van der Waals surface area contributed by atoms with Crippen LogP contribution < -0.4 is 5.32 Å². The summed E-state index contributed by atoms with van der Waals surface area (Å²) >= 11 is 0. The first-order valence-electron chi connectivity index (χ1n) is 7.90. The van der Waals surface area contributed by atoms with E-state index in [4.69, 9.17) is 4.74 Å². The molecule has 0 radical (unpaired) electrons. The minimum absolute atomic E-state index is 0.143. The van der Waals surface area contributed by atoms with E-state index in [0.717, 1.165) is 31.2 Å². The van der Waals surface area contributed by atoms with Gasteiger partial charge >= 0.3 is 0 Å². The van der Waals surface area contributed by atoms with Gasteiger partial charge in [-0.2, -0.15) is 0 Å². The van der Waals surface area contributed by atoms with E-state index in [1.165, 1.54) is 6.42 Å². The largest absolute Gasteiger partial charge is 0.394 e. The zero-order valence-corrected chi connectivity index (χ0v) is 12.6. The molecule has 21 heavy (non-hydrogen) atoms. The summed E-state index contributed by atoms with van der Waals surface area (Å²) in [6.07, 6.45) is 4.97. The molecule has 1 fully saturated rings. The molecule has 118 valence electrons. The van der Waals surface area contributed by atoms with E-state index in [2.05, 4.69) is 5.32 Å². The maximum absolute atomic E-state index is 10.00. The molecule has 2 rings (SSSR count). The fraction of sp³-hybridized carbons (Fsp3) is 0.647. The third-order valence-electron chi connectivity index (χ3n) is 4.25. The smallest absolute Gasteiger partial charge is 0.0898 e. The molecule has 0 saturated heterocycles. The van der Waals surface area contributed by atoms with Crippen LogP contribution in [0.1, 0.15) is 37.7 Å². The number of hydrogen-bond acceptors (Lipinski definition) is 4. The Kier molecular flexibility index (Phi) is 6.64. The Morgan fingerprint density at radius 1 is 1.14 bits per heavy atom. The third-order valence-corrected chi connectivity index (χ3v) is 4.25. The van der Waals surface area contributed by atoms with Crippen molar-refractivity contribution in [3.8, 4) is 0 Å². The van der Waals surface area contributed by atoms with Gasteiger partial charge in [0, 0.05) is 12.1 Å². The molecule has 1 aliphatic rings. The first-order valence-corrected chi connectivity index (χ1v) is 7.90. The van der Waals surface area contributed by atoms with Crippen molar-refractivity contribution in [3.63, 3.8) is 0 Å². The van der Waals surface area contributed by atoms with E-state index < -0.39 is 6.10 Å². The molecule has 1 aromatic carbocycles. The molecule has 0 aromatic heterocycles. The summed E-state index contributed by atoms with van der Waals surface area (Å²) in [4.78, 5) is 0. The maximum atomic E-state index is 10.00. The van der Waals surface area contributed by atoms with Crippen molar-refractivity contribution in [2.45, 2.75) is 50.4 Å². The van der Waals surface area contributed by atoms with Crippen LogP contribution in [0.4, 0.5) is 0 Å². The first kappa shape index (κ1) is 16.4. The molecule has 0 bridgehead atoms. The van der Waals surface area contributed by atoms with E-state index in [1.807, 2.05) is 30.3 Å². The molecule has 1 atom stereocenters. The van der Waals surface area contributed by atoms with Gasteiger partial charge in [0.1, 0.15) is 0 Å². The average molecular weight is 293 g/mol. The van der Waals surface area contributed by atoms with Crippen molar-refractivity contribution >= 4 is 0 Å². The van der Waals surface area contributed by atoms with Crippen LogP contribution in [0.3, 0.4) is 0 Å². The fourth-order valence-corrected chi connectivity index (χ4v) is 2.90. The SMILES string of the molecule is OCC1(NCC(O)COCc2ccccc2)CCCCC1. The summed E-state index contributed by atoms with van der Waals surface area (Å²) < 4.78 is 5.54. The van der Waals surface area contributed by atoms with Gasteiger partial charge in [-0.25, -0.2) is 0 Å². The number of benzene rings is 1. The molecule has 0 aliphatic heterocycles. The summed E-state index contributed by atoms with van der Waals surface area (Å²) in [7, 11) is 0. The highest BCUT2D eigenvalue weighted by atomic mass is 16.5. The monoisotopic (exact) mass is 293 g/mol. The summed E-state index contributed by atoms with van der Waals surface area (Å²) in [6.45, 7) is 1.44. The topological polar surface area (TPSA) is 61.7 Å². The van der Waals surface area contributed by atoms with Gasteiger partial charge in [-0.1, -0.05) is 49.6 Å². The van der Waals surface area contributed by atoms with Crippen LogP contribution in [0, 0.1) is 0 Å². The highest BCUT2D eigenvalue weighted by molar-refractivity contribution is 5.13. The minimum Gasteiger partial charge on any atom is -0.394 e. The van der Waals surface area contributed by atoms with Crippen molar-refractivity contribution in [2.75, 3.05) is 19.8 Å². The molecule has 0 spiro atoms. The van der Waals surface area contributed by atoms with Gasteiger partial charge in [0.05, 0.1) is 25.9 Å². The van der Waals surface area contributed by atoms with Gasteiger partial charge in [0.2, 0.25) is 0 Å². The normalized spacial score (nSPS) is 19.3. The molecule has 1 aromatic rings. The lowest BCUT2D eigenvalue weighted by molar-refractivity contribution is 0.0186. The van der Waals surface area contributed by atoms with Crippen molar-refractivity contribution in [1.29, 1.82) is 0 Å². The lowest BCUT2D eigenvalue weighted by atomic mass is 9.82. The second kappa shape index (κ2) is 8.49. The van der Waals surface area contributed by atoms with E-state index in [9.17, 15) is 10.2 Å². The number of hydrogen-bond donors (Lipinski definition) is 3. The van der Waals surface area contributed by atoms with Crippen LogP contribution in [0.5, 0.6) is 0 Å². The predicted molar refractivity (Wildman–Crippen MR) is 83.0 cm³/mol. The second-order valence-corrected chi connectivity index (χ2v) is 6.03. The van der Waals surface area contributed by atoms with E-state index in [-0.39, 0.29) is 12.1 Å². The molecule has 4 heteroatoms. The number of β-amino-alcohol motifs (C(OH)–C–C–N with tert-alkyl or cyclic N) is 1. The van der Waals surface area contributed by atoms with Crippen molar-refractivity contribution < 1.29 is 14.9 Å². The fourth-order valence-electron chi connectivity index (χ4n) is 2.90. The van der Waals surface area contributed by atoms with E-state index in [1.54, 1.807) is 0 Å². The standard InChI is InChI=1S/C17H27NO3/c19-14-17(9-5-2-6-10-17)18-11-16(20)13-21-12-15-7-3-1-4-8-15/h1,3-4,7-8,16,18-20H,2,5-6,9-14H2. The molecular formula is C17H27NO3. The van der Waals surface area contributed by atoms with Crippen LogP contribution in [0.15, 0.2) is 30.3 Å². The van der Waals surface area contributed by atoms with Gasteiger partial charge in [-0.15, -0.1) is 0 Å². The van der Waals surface area contributed by atoms with Gasteiger partial charge in [-0.3, -0.25) is 0 Å².